The second-order valence-electron chi connectivity index (χ2n) is 4.87. The second-order valence-corrected chi connectivity index (χ2v) is 4.87. The minimum atomic E-state index is 0.851. The summed E-state index contributed by atoms with van der Waals surface area (Å²) >= 11 is 0. The van der Waals surface area contributed by atoms with Gasteiger partial charge < -0.3 is 0 Å². The van der Waals surface area contributed by atoms with Gasteiger partial charge >= 0.3 is 0 Å². The van der Waals surface area contributed by atoms with Crippen LogP contribution in [0.25, 0.3) is 0 Å². The van der Waals surface area contributed by atoms with Crippen molar-refractivity contribution in [1.29, 1.82) is 0 Å². The maximum atomic E-state index is 2.76. The monoisotopic (exact) mass is 181 g/mol. The third kappa shape index (κ3) is 1.76. The van der Waals surface area contributed by atoms with Gasteiger partial charge in [-0.25, -0.2) is 0 Å². The van der Waals surface area contributed by atoms with Gasteiger partial charge in [0.15, 0.2) is 0 Å². The predicted octanol–water partition coefficient (Wildman–Crippen LogP) is 3.05. The van der Waals surface area contributed by atoms with E-state index in [0.29, 0.717) is 0 Å². The maximum absolute atomic E-state index is 2.76. The van der Waals surface area contributed by atoms with Crippen molar-refractivity contribution in [3.8, 4) is 0 Å². The van der Waals surface area contributed by atoms with Gasteiger partial charge in [-0.05, 0) is 45.1 Å². The molecule has 0 spiro atoms. The summed E-state index contributed by atoms with van der Waals surface area (Å²) in [6, 6.07) is 1.80. The van der Waals surface area contributed by atoms with Crippen LogP contribution in [0.4, 0.5) is 0 Å². The molecule has 0 N–H and O–H groups in total. The van der Waals surface area contributed by atoms with E-state index in [1.54, 1.807) is 0 Å². The molecule has 0 amide bonds. The Balaban J connectivity index is 2.04. The lowest BCUT2D eigenvalue weighted by atomic mass is 9.76. The lowest BCUT2D eigenvalue weighted by Gasteiger charge is -2.47. The fourth-order valence-electron chi connectivity index (χ4n) is 3.46. The quantitative estimate of drug-likeness (QED) is 0.601. The average molecular weight is 181 g/mol. The Morgan fingerprint density at radius 1 is 1.08 bits per heavy atom. The summed E-state index contributed by atoms with van der Waals surface area (Å²) in [7, 11) is 0. The summed E-state index contributed by atoms with van der Waals surface area (Å²) < 4.78 is 0. The van der Waals surface area contributed by atoms with E-state index in [2.05, 4.69) is 18.7 Å². The van der Waals surface area contributed by atoms with Crippen LogP contribution in [0, 0.1) is 5.92 Å². The summed E-state index contributed by atoms with van der Waals surface area (Å²) in [5, 5.41) is 0. The smallest absolute Gasteiger partial charge is 0.0126 e. The highest BCUT2D eigenvalue weighted by atomic mass is 15.2. The highest BCUT2D eigenvalue weighted by Crippen LogP contribution is 2.37. The molecular weight excluding hydrogens is 158 g/mol. The number of nitrogens with zero attached hydrogens (tertiary/aromatic N) is 1. The molecule has 13 heavy (non-hydrogen) atoms. The standard InChI is InChI=1S/C12H23N/c1-3-13-10(2)8-9-11-6-4-5-7-12(11)13/h10-12H,3-9H2,1-2H3/t10?,11?,12-/m1/s1. The molecule has 2 rings (SSSR count). The Kier molecular flexibility index (Phi) is 2.92. The number of hydrogen-bond donors (Lipinski definition) is 0. The fourth-order valence-corrected chi connectivity index (χ4v) is 3.46. The van der Waals surface area contributed by atoms with Gasteiger partial charge in [-0.2, -0.15) is 0 Å². The second kappa shape index (κ2) is 4.00. The van der Waals surface area contributed by atoms with Gasteiger partial charge in [-0.3, -0.25) is 4.90 Å². The molecule has 0 aromatic rings. The molecule has 1 aliphatic heterocycles. The van der Waals surface area contributed by atoms with Crippen molar-refractivity contribution in [2.45, 2.75) is 64.5 Å². The zero-order valence-corrected chi connectivity index (χ0v) is 9.13. The van der Waals surface area contributed by atoms with E-state index in [4.69, 9.17) is 0 Å². The first-order chi connectivity index (χ1) is 6.33. The normalized spacial score (nSPS) is 41.5. The molecule has 1 aliphatic carbocycles. The van der Waals surface area contributed by atoms with Crippen molar-refractivity contribution in [3.05, 3.63) is 0 Å². The van der Waals surface area contributed by atoms with Crippen molar-refractivity contribution in [1.82, 2.24) is 4.90 Å². The van der Waals surface area contributed by atoms with Crippen LogP contribution < -0.4 is 0 Å². The zero-order valence-electron chi connectivity index (χ0n) is 9.13. The first kappa shape index (κ1) is 9.51. The van der Waals surface area contributed by atoms with Crippen LogP contribution in [-0.2, 0) is 0 Å². The van der Waals surface area contributed by atoms with Crippen molar-refractivity contribution in [2.24, 2.45) is 5.92 Å². The summed E-state index contributed by atoms with van der Waals surface area (Å²) in [5.74, 6) is 1.05. The number of fused-ring (bicyclic) bond motifs is 1. The Hall–Kier alpha value is -0.0400. The topological polar surface area (TPSA) is 3.24 Å². The molecule has 1 saturated carbocycles. The fraction of sp³-hybridized carbons (Fsp3) is 1.00. The minimum Gasteiger partial charge on any atom is -0.298 e. The summed E-state index contributed by atoms with van der Waals surface area (Å²) in [5.41, 5.74) is 0. The van der Waals surface area contributed by atoms with Gasteiger partial charge in [0, 0.05) is 12.1 Å². The highest BCUT2D eigenvalue weighted by molar-refractivity contribution is 4.89. The molecule has 1 heterocycles. The third-order valence-corrected chi connectivity index (χ3v) is 4.18. The molecule has 0 bridgehead atoms. The molecule has 0 aromatic heterocycles. The van der Waals surface area contributed by atoms with Crippen LogP contribution in [0.2, 0.25) is 0 Å². The van der Waals surface area contributed by atoms with E-state index in [9.17, 15) is 0 Å². The van der Waals surface area contributed by atoms with Crippen LogP contribution in [0.3, 0.4) is 0 Å². The van der Waals surface area contributed by atoms with Crippen LogP contribution in [0.15, 0.2) is 0 Å². The van der Waals surface area contributed by atoms with Crippen LogP contribution in [-0.4, -0.2) is 23.5 Å². The molecule has 76 valence electrons. The number of hydrogen-bond acceptors (Lipinski definition) is 1. The first-order valence-electron chi connectivity index (χ1n) is 6.08. The van der Waals surface area contributed by atoms with E-state index in [-0.39, 0.29) is 0 Å². The lowest BCUT2D eigenvalue weighted by molar-refractivity contribution is 0.0266. The van der Waals surface area contributed by atoms with Crippen LogP contribution in [0.5, 0.6) is 0 Å². The van der Waals surface area contributed by atoms with Crippen molar-refractivity contribution < 1.29 is 0 Å². The highest BCUT2D eigenvalue weighted by Gasteiger charge is 2.35. The zero-order chi connectivity index (χ0) is 9.26. The van der Waals surface area contributed by atoms with Crippen molar-refractivity contribution in [2.75, 3.05) is 6.54 Å². The van der Waals surface area contributed by atoms with Gasteiger partial charge in [0.25, 0.3) is 0 Å². The maximum Gasteiger partial charge on any atom is 0.0126 e. The molecule has 3 atom stereocenters. The minimum absolute atomic E-state index is 0.851. The first-order valence-corrected chi connectivity index (χ1v) is 6.08. The Morgan fingerprint density at radius 2 is 1.85 bits per heavy atom. The molecule has 1 nitrogen and oxygen atoms in total. The Morgan fingerprint density at radius 3 is 2.62 bits per heavy atom. The van der Waals surface area contributed by atoms with Gasteiger partial charge in [0.1, 0.15) is 0 Å². The summed E-state index contributed by atoms with van der Waals surface area (Å²) in [6.45, 7) is 6.00. The van der Waals surface area contributed by atoms with Crippen LogP contribution >= 0.6 is 0 Å². The molecule has 0 aromatic carbocycles. The van der Waals surface area contributed by atoms with Gasteiger partial charge in [0.05, 0.1) is 0 Å². The number of piperidine rings is 1. The lowest BCUT2D eigenvalue weighted by Crippen LogP contribution is -2.50. The summed E-state index contributed by atoms with van der Waals surface area (Å²) in [4.78, 5) is 2.76. The molecule has 1 heteroatoms. The largest absolute Gasteiger partial charge is 0.298 e. The molecule has 2 fully saturated rings. The molecule has 1 saturated heterocycles. The summed E-state index contributed by atoms with van der Waals surface area (Å²) in [6.07, 6.45) is 8.89. The van der Waals surface area contributed by atoms with Crippen molar-refractivity contribution >= 4 is 0 Å². The van der Waals surface area contributed by atoms with Crippen molar-refractivity contribution in [3.63, 3.8) is 0 Å². The van der Waals surface area contributed by atoms with Crippen LogP contribution in [0.1, 0.15) is 52.4 Å². The van der Waals surface area contributed by atoms with Gasteiger partial charge in [0.2, 0.25) is 0 Å². The average Bonchev–Trinajstić information content (AvgIpc) is 2.18. The van der Waals surface area contributed by atoms with E-state index >= 15 is 0 Å². The Labute approximate surface area is 82.5 Å². The molecule has 2 unspecified atom stereocenters. The van der Waals surface area contributed by atoms with E-state index < -0.39 is 0 Å². The predicted molar refractivity (Wildman–Crippen MR) is 56.8 cm³/mol. The van der Waals surface area contributed by atoms with E-state index in [0.717, 1.165) is 18.0 Å². The SMILES string of the molecule is CCN1C(C)CCC2CCCC[C@H]21. The number of likely N-dealkylation sites (tertiary alicyclic amines) is 1. The molecule has 0 radical (unpaired) electrons. The van der Waals surface area contributed by atoms with E-state index in [1.165, 1.54) is 45.1 Å². The Bertz CT molecular complexity index is 167. The number of rotatable bonds is 1. The van der Waals surface area contributed by atoms with Gasteiger partial charge in [-0.15, -0.1) is 0 Å². The van der Waals surface area contributed by atoms with E-state index in [1.807, 2.05) is 0 Å². The third-order valence-electron chi connectivity index (χ3n) is 4.18. The molecule has 2 aliphatic rings. The van der Waals surface area contributed by atoms with Gasteiger partial charge in [-0.1, -0.05) is 19.8 Å². The molecular formula is C12H23N.